The minimum absolute atomic E-state index is 0.0324. The van der Waals surface area contributed by atoms with Gasteiger partial charge in [-0.1, -0.05) is 36.4 Å². The Balaban J connectivity index is 1.43. The Labute approximate surface area is 165 Å². The molecule has 2 aromatic carbocycles. The highest BCUT2D eigenvalue weighted by molar-refractivity contribution is 5.94. The van der Waals surface area contributed by atoms with E-state index in [1.165, 1.54) is 6.07 Å². The highest BCUT2D eigenvalue weighted by atomic mass is 19.1. The van der Waals surface area contributed by atoms with Crippen molar-refractivity contribution < 1.29 is 14.0 Å². The van der Waals surface area contributed by atoms with Gasteiger partial charge in [0.2, 0.25) is 5.91 Å². The van der Waals surface area contributed by atoms with Crippen molar-refractivity contribution in [1.82, 2.24) is 15.1 Å². The van der Waals surface area contributed by atoms with Crippen molar-refractivity contribution in [3.05, 3.63) is 71.5 Å². The van der Waals surface area contributed by atoms with Crippen LogP contribution in [0, 0.1) is 5.82 Å². The number of hydrogen-bond acceptors (Lipinski definition) is 3. The van der Waals surface area contributed by atoms with Gasteiger partial charge in [-0.2, -0.15) is 0 Å². The number of amides is 2. The van der Waals surface area contributed by atoms with E-state index in [-0.39, 0.29) is 30.2 Å². The number of piperidine rings is 1. The molecule has 0 saturated carbocycles. The number of nitrogens with zero attached hydrogens (tertiary/aromatic N) is 2. The Hall–Kier alpha value is -2.73. The van der Waals surface area contributed by atoms with E-state index in [0.717, 1.165) is 25.9 Å². The second kappa shape index (κ2) is 9.46. The molecule has 1 aliphatic rings. The summed E-state index contributed by atoms with van der Waals surface area (Å²) in [5, 5.41) is 3.07. The van der Waals surface area contributed by atoms with Crippen molar-refractivity contribution in [2.75, 3.05) is 26.7 Å². The predicted octanol–water partition coefficient (Wildman–Crippen LogP) is 2.68. The summed E-state index contributed by atoms with van der Waals surface area (Å²) in [6.45, 7) is 2.07. The van der Waals surface area contributed by atoms with E-state index in [2.05, 4.69) is 10.2 Å². The molecule has 2 aromatic rings. The highest BCUT2D eigenvalue weighted by Crippen LogP contribution is 2.13. The Morgan fingerprint density at radius 3 is 2.39 bits per heavy atom. The minimum atomic E-state index is -0.294. The van der Waals surface area contributed by atoms with E-state index in [9.17, 15) is 14.0 Å². The third-order valence-electron chi connectivity index (χ3n) is 5.11. The molecule has 1 saturated heterocycles. The summed E-state index contributed by atoms with van der Waals surface area (Å²) in [6, 6.07) is 15.8. The summed E-state index contributed by atoms with van der Waals surface area (Å²) in [5.41, 5.74) is 1.18. The predicted molar refractivity (Wildman–Crippen MR) is 106 cm³/mol. The maximum absolute atomic E-state index is 13.8. The summed E-state index contributed by atoms with van der Waals surface area (Å²) in [5.74, 6) is -0.383. The Kier molecular flexibility index (Phi) is 6.76. The number of rotatable bonds is 6. The van der Waals surface area contributed by atoms with E-state index in [1.807, 2.05) is 18.2 Å². The zero-order chi connectivity index (χ0) is 19.9. The van der Waals surface area contributed by atoms with Crippen LogP contribution in [0.3, 0.4) is 0 Å². The lowest BCUT2D eigenvalue weighted by molar-refractivity contribution is -0.132. The van der Waals surface area contributed by atoms with Gasteiger partial charge >= 0.3 is 0 Å². The fraction of sp³-hybridized carbons (Fsp3) is 0.364. The third kappa shape index (κ3) is 5.39. The van der Waals surface area contributed by atoms with Gasteiger partial charge in [-0.15, -0.1) is 0 Å². The maximum atomic E-state index is 13.8. The fourth-order valence-electron chi connectivity index (χ4n) is 3.38. The fourth-order valence-corrected chi connectivity index (χ4v) is 3.38. The lowest BCUT2D eigenvalue weighted by atomic mass is 10.0. The molecule has 0 spiro atoms. The van der Waals surface area contributed by atoms with Gasteiger partial charge in [0, 0.05) is 43.9 Å². The number of carbonyl (C=O) groups excluding carboxylic acids is 2. The molecule has 148 valence electrons. The van der Waals surface area contributed by atoms with Gasteiger partial charge in [0.15, 0.2) is 0 Å². The molecule has 1 N–H and O–H groups in total. The molecule has 1 aliphatic heterocycles. The van der Waals surface area contributed by atoms with Gasteiger partial charge in [0.05, 0.1) is 6.54 Å². The number of nitrogens with one attached hydrogen (secondary N) is 1. The Morgan fingerprint density at radius 2 is 1.71 bits per heavy atom. The van der Waals surface area contributed by atoms with Crippen LogP contribution >= 0.6 is 0 Å². The molecule has 5 nitrogen and oxygen atoms in total. The van der Waals surface area contributed by atoms with Crippen molar-refractivity contribution >= 4 is 11.8 Å². The van der Waals surface area contributed by atoms with Crippen LogP contribution in [0.1, 0.15) is 28.8 Å². The molecule has 1 heterocycles. The molecule has 0 radical (unpaired) electrons. The van der Waals surface area contributed by atoms with E-state index < -0.39 is 0 Å². The Morgan fingerprint density at radius 1 is 1.07 bits per heavy atom. The second-order valence-corrected chi connectivity index (χ2v) is 7.23. The summed E-state index contributed by atoms with van der Waals surface area (Å²) >= 11 is 0. The third-order valence-corrected chi connectivity index (χ3v) is 5.11. The van der Waals surface area contributed by atoms with Crippen LogP contribution < -0.4 is 5.32 Å². The van der Waals surface area contributed by atoms with Crippen molar-refractivity contribution in [1.29, 1.82) is 0 Å². The molecule has 6 heteroatoms. The first-order chi connectivity index (χ1) is 13.5. The van der Waals surface area contributed by atoms with Crippen LogP contribution in [0.4, 0.5) is 4.39 Å². The molecule has 28 heavy (non-hydrogen) atoms. The van der Waals surface area contributed by atoms with Crippen LogP contribution in [0.15, 0.2) is 54.6 Å². The lowest BCUT2D eigenvalue weighted by Gasteiger charge is -2.32. The smallest absolute Gasteiger partial charge is 0.251 e. The SMILES string of the molecule is CN(Cc1ccccc1F)C(=O)CN1CCC(NC(=O)c2ccccc2)CC1. The van der Waals surface area contributed by atoms with Crippen LogP contribution in [0.2, 0.25) is 0 Å². The number of likely N-dealkylation sites (N-methyl/N-ethyl adjacent to an activating group) is 1. The zero-order valence-electron chi connectivity index (χ0n) is 16.1. The van der Waals surface area contributed by atoms with Gasteiger partial charge < -0.3 is 10.2 Å². The molecule has 1 fully saturated rings. The van der Waals surface area contributed by atoms with Gasteiger partial charge in [0.1, 0.15) is 5.82 Å². The molecule has 0 atom stereocenters. The number of carbonyl (C=O) groups is 2. The van der Waals surface area contributed by atoms with E-state index >= 15 is 0 Å². The lowest BCUT2D eigenvalue weighted by Crippen LogP contribution is -2.47. The monoisotopic (exact) mass is 383 g/mol. The van der Waals surface area contributed by atoms with Gasteiger partial charge in [-0.3, -0.25) is 14.5 Å². The van der Waals surface area contributed by atoms with Gasteiger partial charge in [0.25, 0.3) is 5.91 Å². The quantitative estimate of drug-likeness (QED) is 0.835. The molecule has 0 aromatic heterocycles. The van der Waals surface area contributed by atoms with Crippen molar-refractivity contribution in [2.45, 2.75) is 25.4 Å². The van der Waals surface area contributed by atoms with Crippen molar-refractivity contribution in [3.63, 3.8) is 0 Å². The van der Waals surface area contributed by atoms with E-state index in [0.29, 0.717) is 17.7 Å². The van der Waals surface area contributed by atoms with Crippen LogP contribution in [-0.2, 0) is 11.3 Å². The minimum Gasteiger partial charge on any atom is -0.349 e. The Bertz CT molecular complexity index is 804. The zero-order valence-corrected chi connectivity index (χ0v) is 16.1. The van der Waals surface area contributed by atoms with E-state index in [4.69, 9.17) is 0 Å². The average molecular weight is 383 g/mol. The molecule has 0 bridgehead atoms. The average Bonchev–Trinajstić information content (AvgIpc) is 2.71. The second-order valence-electron chi connectivity index (χ2n) is 7.23. The summed E-state index contributed by atoms with van der Waals surface area (Å²) < 4.78 is 13.8. The van der Waals surface area contributed by atoms with Crippen LogP contribution in [-0.4, -0.2) is 54.3 Å². The van der Waals surface area contributed by atoms with Gasteiger partial charge in [-0.25, -0.2) is 4.39 Å². The maximum Gasteiger partial charge on any atom is 0.251 e. The standard InChI is InChI=1S/C22H26FN3O2/c1-25(15-18-9-5-6-10-20(18)23)21(27)16-26-13-11-19(12-14-26)24-22(28)17-7-3-2-4-8-17/h2-10,19H,11-16H2,1H3,(H,24,28). The van der Waals surface area contributed by atoms with Crippen molar-refractivity contribution in [3.8, 4) is 0 Å². The normalized spacial score (nSPS) is 15.2. The highest BCUT2D eigenvalue weighted by Gasteiger charge is 2.23. The van der Waals surface area contributed by atoms with Gasteiger partial charge in [-0.05, 0) is 31.0 Å². The summed E-state index contributed by atoms with van der Waals surface area (Å²) in [7, 11) is 1.70. The molecular weight excluding hydrogens is 357 g/mol. The number of likely N-dealkylation sites (tertiary alicyclic amines) is 1. The molecule has 3 rings (SSSR count). The molecule has 0 aliphatic carbocycles. The first-order valence-electron chi connectivity index (χ1n) is 9.58. The van der Waals surface area contributed by atoms with Crippen LogP contribution in [0.5, 0.6) is 0 Å². The molecule has 0 unspecified atom stereocenters. The number of benzene rings is 2. The van der Waals surface area contributed by atoms with E-state index in [1.54, 1.807) is 42.3 Å². The summed E-state index contributed by atoms with van der Waals surface area (Å²) in [6.07, 6.45) is 1.62. The first-order valence-corrected chi connectivity index (χ1v) is 9.58. The number of halogens is 1. The first kappa shape index (κ1) is 20.0. The topological polar surface area (TPSA) is 52.7 Å². The largest absolute Gasteiger partial charge is 0.349 e. The van der Waals surface area contributed by atoms with Crippen LogP contribution in [0.25, 0.3) is 0 Å². The number of hydrogen-bond donors (Lipinski definition) is 1. The molecular formula is C22H26FN3O2. The summed E-state index contributed by atoms with van der Waals surface area (Å²) in [4.78, 5) is 28.4. The molecule has 2 amide bonds. The van der Waals surface area contributed by atoms with Crippen molar-refractivity contribution in [2.24, 2.45) is 0 Å².